The van der Waals surface area contributed by atoms with E-state index in [-0.39, 0.29) is 5.69 Å². The number of hydrogen-bond acceptors (Lipinski definition) is 8. The van der Waals surface area contributed by atoms with Crippen LogP contribution in [0.4, 0.5) is 11.4 Å². The fourth-order valence-electron chi connectivity index (χ4n) is 5.49. The average molecular weight is 775 g/mol. The van der Waals surface area contributed by atoms with Crippen LogP contribution in [0, 0.1) is 10.1 Å². The van der Waals surface area contributed by atoms with Crippen molar-refractivity contribution in [3.8, 4) is 0 Å². The minimum absolute atomic E-state index is 0.0816. The zero-order valence-corrected chi connectivity index (χ0v) is 32.5. The van der Waals surface area contributed by atoms with Crippen LogP contribution in [0.25, 0.3) is 55.2 Å². The maximum absolute atomic E-state index is 10.6. The van der Waals surface area contributed by atoms with Crippen molar-refractivity contribution in [1.82, 2.24) is 47.9 Å². The van der Waals surface area contributed by atoms with Gasteiger partial charge in [0.1, 0.15) is 28.2 Å². The first-order chi connectivity index (χ1) is 26.2. The monoisotopic (exact) mass is 774 g/mol. The van der Waals surface area contributed by atoms with Gasteiger partial charge in [-0.3, -0.25) is 10.1 Å². The first-order valence-electron chi connectivity index (χ1n) is 16.5. The molecular formula is C37H37N12O2P3. The van der Waals surface area contributed by atoms with Gasteiger partial charge in [-0.05, 0) is 113 Å². The molecule has 10 aromatic heterocycles. The highest BCUT2D eigenvalue weighted by atomic mass is 31.0. The van der Waals surface area contributed by atoms with E-state index >= 15 is 0 Å². The van der Waals surface area contributed by atoms with E-state index in [1.165, 1.54) is 22.5 Å². The van der Waals surface area contributed by atoms with Crippen molar-refractivity contribution in [1.29, 1.82) is 0 Å². The third kappa shape index (κ3) is 8.76. The number of nitrogens with zero attached hydrogens (tertiary/aromatic N) is 9. The van der Waals surface area contributed by atoms with Crippen LogP contribution in [0.15, 0.2) is 135 Å². The van der Waals surface area contributed by atoms with Gasteiger partial charge < -0.3 is 28.7 Å². The standard InChI is InChI=1S/C9H10N2.C7H6N3O2P.C7H8N3P.C7H7N2P.C7H6N2/c1-2-7-6-11-9-8(7)4-3-5-10-9;11-10(12)6-4-9(13)7-5(6)2-1-3-8-7;8-6-4-10(11)7-5(6)2-1-3-9-7;10-9-5-3-6-2-1-4-8-7(6)9;1-2-6-3-5-9-7(6)8-4-1/h3-6H,2H2,1H3,(H,10,11);1-4H,13H2;1-4H,8,11H2;1-5H,10H2;1-5H,(H,8,9). The molecule has 0 saturated carbocycles. The summed E-state index contributed by atoms with van der Waals surface area (Å²) < 4.78 is 5.33. The average Bonchev–Trinajstić information content (AvgIpc) is 4.05. The van der Waals surface area contributed by atoms with Crippen LogP contribution in [-0.4, -0.2) is 52.8 Å². The molecule has 272 valence electrons. The third-order valence-corrected chi connectivity index (χ3v) is 9.31. The van der Waals surface area contributed by atoms with Crippen LogP contribution in [0.2, 0.25) is 0 Å². The van der Waals surface area contributed by atoms with Crippen molar-refractivity contribution in [3.63, 3.8) is 0 Å². The molecule has 10 rings (SSSR count). The fourth-order valence-corrected chi connectivity index (χ4v) is 6.51. The minimum atomic E-state index is -0.412. The van der Waals surface area contributed by atoms with Gasteiger partial charge in [0.15, 0.2) is 0 Å². The van der Waals surface area contributed by atoms with Gasteiger partial charge in [0.25, 0.3) is 5.69 Å². The van der Waals surface area contributed by atoms with Crippen LogP contribution in [0.3, 0.4) is 0 Å². The molecule has 0 fully saturated rings. The lowest BCUT2D eigenvalue weighted by molar-refractivity contribution is -0.383. The molecule has 14 nitrogen and oxygen atoms in total. The molecule has 0 amide bonds. The largest absolute Gasteiger partial charge is 0.397 e. The van der Waals surface area contributed by atoms with E-state index in [0.717, 1.165) is 45.5 Å². The lowest BCUT2D eigenvalue weighted by atomic mass is 10.2. The van der Waals surface area contributed by atoms with Gasteiger partial charge in [0, 0.05) is 77.3 Å². The number of rotatable bonds is 2. The Morgan fingerprint density at radius 2 is 1.24 bits per heavy atom. The van der Waals surface area contributed by atoms with E-state index in [9.17, 15) is 10.1 Å². The number of pyridine rings is 5. The maximum atomic E-state index is 10.6. The number of H-pyrrole nitrogens is 2. The number of aryl methyl sites for hydroxylation is 1. The van der Waals surface area contributed by atoms with Crippen LogP contribution in [0.5, 0.6) is 0 Å². The minimum Gasteiger partial charge on any atom is -0.397 e. The number of nitrogens with one attached hydrogen (secondary N) is 2. The van der Waals surface area contributed by atoms with Gasteiger partial charge in [-0.2, -0.15) is 0 Å². The van der Waals surface area contributed by atoms with Crippen molar-refractivity contribution >= 4 is 94.7 Å². The first kappa shape index (κ1) is 37.7. The molecular weight excluding hydrogens is 737 g/mol. The molecule has 0 aliphatic carbocycles. The smallest absolute Gasteiger partial charge is 0.296 e. The van der Waals surface area contributed by atoms with E-state index in [4.69, 9.17) is 5.73 Å². The van der Waals surface area contributed by atoms with E-state index in [1.807, 2.05) is 88.1 Å². The zero-order valence-electron chi connectivity index (χ0n) is 29.1. The molecule has 17 heteroatoms. The molecule has 0 radical (unpaired) electrons. The van der Waals surface area contributed by atoms with Gasteiger partial charge in [-0.1, -0.05) is 6.92 Å². The van der Waals surface area contributed by atoms with Crippen molar-refractivity contribution in [2.45, 2.75) is 13.3 Å². The Bertz CT molecular complexity index is 2720. The van der Waals surface area contributed by atoms with Crippen LogP contribution in [0.1, 0.15) is 12.5 Å². The summed E-state index contributed by atoms with van der Waals surface area (Å²) in [6.07, 6.45) is 18.9. The maximum Gasteiger partial charge on any atom is 0.296 e. The van der Waals surface area contributed by atoms with E-state index in [2.05, 4.69) is 76.0 Å². The fraction of sp³-hybridized carbons (Fsp3) is 0.0541. The summed E-state index contributed by atoms with van der Waals surface area (Å²) in [5, 5.41) is 15.7. The molecule has 3 atom stereocenters. The molecule has 0 bridgehead atoms. The second kappa shape index (κ2) is 17.6. The number of aromatic nitrogens is 10. The van der Waals surface area contributed by atoms with Crippen molar-refractivity contribution in [3.05, 3.63) is 150 Å². The van der Waals surface area contributed by atoms with Gasteiger partial charge in [0.05, 0.1) is 22.2 Å². The highest BCUT2D eigenvalue weighted by Crippen LogP contribution is 2.27. The molecule has 0 spiro atoms. The topological polar surface area (TPSA) is 180 Å². The quantitative estimate of drug-likeness (QED) is 0.0893. The number of fused-ring (bicyclic) bond motifs is 5. The van der Waals surface area contributed by atoms with Crippen molar-refractivity contribution in [2.24, 2.45) is 0 Å². The number of nitrogens with two attached hydrogens (primary N) is 1. The van der Waals surface area contributed by atoms with Crippen molar-refractivity contribution in [2.75, 3.05) is 5.73 Å². The number of anilines is 1. The normalized spacial score (nSPS) is 10.5. The Kier molecular flexibility index (Phi) is 12.3. The summed E-state index contributed by atoms with van der Waals surface area (Å²) in [5.74, 6) is 0. The first-order valence-corrected chi connectivity index (χ1v) is 18.1. The Morgan fingerprint density at radius 1 is 0.667 bits per heavy atom. The number of hydrogen-bond donors (Lipinski definition) is 3. The molecule has 0 aliphatic heterocycles. The molecule has 0 saturated heterocycles. The van der Waals surface area contributed by atoms with Crippen LogP contribution in [-0.2, 0) is 6.42 Å². The summed E-state index contributed by atoms with van der Waals surface area (Å²) in [7, 11) is 7.48. The lowest BCUT2D eigenvalue weighted by Crippen LogP contribution is -1.84. The molecule has 0 aromatic carbocycles. The van der Waals surface area contributed by atoms with Gasteiger partial charge in [0.2, 0.25) is 0 Å². The summed E-state index contributed by atoms with van der Waals surface area (Å²) in [5.41, 5.74) is 12.3. The SMILES string of the molecule is CCc1c[nH]c2ncccc12.Nc1cn(P)c2ncccc12.O=[N+]([O-])c1cn(P)c2ncccc12.Pn1ccc2cccnc21.c1cnc2[nH]ccc2c1. The van der Waals surface area contributed by atoms with Gasteiger partial charge >= 0.3 is 0 Å². The molecule has 3 unspecified atom stereocenters. The van der Waals surface area contributed by atoms with Crippen LogP contribution < -0.4 is 5.73 Å². The second-order valence-corrected chi connectivity index (χ2v) is 13.2. The molecule has 4 N–H and O–H groups in total. The summed E-state index contributed by atoms with van der Waals surface area (Å²) in [4.78, 5) is 37.0. The molecule has 10 aromatic rings. The van der Waals surface area contributed by atoms with E-state index < -0.39 is 4.92 Å². The van der Waals surface area contributed by atoms with E-state index in [0.29, 0.717) is 11.0 Å². The third-order valence-electron chi connectivity index (χ3n) is 8.10. The highest BCUT2D eigenvalue weighted by Gasteiger charge is 2.15. The summed E-state index contributed by atoms with van der Waals surface area (Å²) in [6.45, 7) is 2.15. The second-order valence-electron chi connectivity index (χ2n) is 11.5. The van der Waals surface area contributed by atoms with E-state index in [1.54, 1.807) is 47.5 Å². The Labute approximate surface area is 316 Å². The molecule has 54 heavy (non-hydrogen) atoms. The van der Waals surface area contributed by atoms with Gasteiger partial charge in [-0.15, -0.1) is 0 Å². The van der Waals surface area contributed by atoms with Crippen LogP contribution >= 0.6 is 28.2 Å². The Hall–Kier alpha value is -6.06. The Morgan fingerprint density at radius 3 is 1.89 bits per heavy atom. The summed E-state index contributed by atoms with van der Waals surface area (Å²) >= 11 is 0. The Balaban J connectivity index is 0.000000116. The molecule has 0 aliphatic rings. The number of aromatic amines is 2. The van der Waals surface area contributed by atoms with Crippen molar-refractivity contribution < 1.29 is 4.92 Å². The molecule has 10 heterocycles. The number of nitro groups is 1. The number of nitrogen functional groups attached to an aromatic ring is 1. The lowest BCUT2D eigenvalue weighted by Gasteiger charge is -1.90. The highest BCUT2D eigenvalue weighted by molar-refractivity contribution is 7.15. The predicted octanol–water partition coefficient (Wildman–Crippen LogP) is 8.20. The predicted molar refractivity (Wildman–Crippen MR) is 227 cm³/mol. The summed E-state index contributed by atoms with van der Waals surface area (Å²) in [6, 6.07) is 23.2. The van der Waals surface area contributed by atoms with Gasteiger partial charge in [-0.25, -0.2) is 24.9 Å². The zero-order chi connectivity index (χ0) is 38.0.